The minimum absolute atomic E-state index is 0.0140. The van der Waals surface area contributed by atoms with Crippen molar-refractivity contribution in [1.82, 2.24) is 4.90 Å². The fraction of sp³-hybridized carbons (Fsp3) is 0.400. The minimum atomic E-state index is 0.0140. The molecule has 0 bridgehead atoms. The number of thiophene rings is 1. The van der Waals surface area contributed by atoms with E-state index >= 15 is 0 Å². The largest absolute Gasteiger partial charge is 0.397 e. The fourth-order valence-corrected chi connectivity index (χ4v) is 3.77. The highest BCUT2D eigenvalue weighted by atomic mass is 79.9. The third kappa shape index (κ3) is 2.99. The molecule has 1 amide bonds. The van der Waals surface area contributed by atoms with E-state index in [9.17, 15) is 4.79 Å². The number of amides is 1. The Hall–Kier alpha value is -1.07. The molecule has 0 aliphatic rings. The first-order chi connectivity index (χ1) is 9.43. The number of nitrogens with two attached hydrogens (primary N) is 1. The second-order valence-corrected chi connectivity index (χ2v) is 7.15. The van der Waals surface area contributed by atoms with Gasteiger partial charge in [0.15, 0.2) is 0 Å². The first kappa shape index (κ1) is 15.3. The smallest absolute Gasteiger partial charge is 0.265 e. The van der Waals surface area contributed by atoms with Gasteiger partial charge >= 0.3 is 0 Å². The second-order valence-electron chi connectivity index (χ2n) is 5.18. The van der Waals surface area contributed by atoms with E-state index in [1.807, 2.05) is 25.2 Å². The van der Waals surface area contributed by atoms with Crippen LogP contribution in [0.3, 0.4) is 0 Å². The maximum absolute atomic E-state index is 12.5. The number of hydrogen-bond donors (Lipinski definition) is 1. The number of anilines is 1. The maximum Gasteiger partial charge on any atom is 0.265 e. The predicted octanol–water partition coefficient (Wildman–Crippen LogP) is 4.36. The van der Waals surface area contributed by atoms with Gasteiger partial charge < -0.3 is 10.6 Å². The number of halogens is 1. The van der Waals surface area contributed by atoms with Crippen molar-refractivity contribution < 1.29 is 4.79 Å². The molecule has 108 valence electrons. The third-order valence-electron chi connectivity index (χ3n) is 3.51. The number of nitrogens with zero attached hydrogens (tertiary/aromatic N) is 1. The molecule has 3 nitrogen and oxygen atoms in total. The molecule has 1 atom stereocenters. The van der Waals surface area contributed by atoms with Gasteiger partial charge in [-0.2, -0.15) is 0 Å². The van der Waals surface area contributed by atoms with Crippen LogP contribution in [0.25, 0.3) is 10.1 Å². The Kier molecular flexibility index (Phi) is 4.70. The number of hydrogen-bond acceptors (Lipinski definition) is 3. The summed E-state index contributed by atoms with van der Waals surface area (Å²) >= 11 is 4.91. The number of rotatable bonds is 4. The Morgan fingerprint density at radius 1 is 1.50 bits per heavy atom. The molecule has 0 aliphatic carbocycles. The number of fused-ring (bicyclic) bond motifs is 1. The summed E-state index contributed by atoms with van der Waals surface area (Å²) in [5.41, 5.74) is 6.73. The molecule has 0 saturated carbocycles. The topological polar surface area (TPSA) is 46.3 Å². The monoisotopic (exact) mass is 354 g/mol. The first-order valence-corrected chi connectivity index (χ1v) is 8.28. The Labute approximate surface area is 131 Å². The fourth-order valence-electron chi connectivity index (χ4n) is 2.10. The molecule has 1 aromatic heterocycles. The van der Waals surface area contributed by atoms with Crippen LogP contribution in [0, 0.1) is 5.92 Å². The lowest BCUT2D eigenvalue weighted by molar-refractivity contribution is 0.0780. The van der Waals surface area contributed by atoms with Crippen LogP contribution >= 0.6 is 27.3 Å². The number of benzene rings is 1. The second kappa shape index (κ2) is 6.14. The lowest BCUT2D eigenvalue weighted by Gasteiger charge is -2.20. The summed E-state index contributed by atoms with van der Waals surface area (Å²) < 4.78 is 2.04. The van der Waals surface area contributed by atoms with Crippen LogP contribution in [-0.2, 0) is 0 Å². The molecule has 5 heteroatoms. The molecule has 2 N–H and O–H groups in total. The summed E-state index contributed by atoms with van der Waals surface area (Å²) in [6.07, 6.45) is 1.06. The lowest BCUT2D eigenvalue weighted by Crippen LogP contribution is -2.30. The van der Waals surface area contributed by atoms with Crippen molar-refractivity contribution in [3.8, 4) is 0 Å². The Morgan fingerprint density at radius 2 is 2.20 bits per heavy atom. The van der Waals surface area contributed by atoms with Gasteiger partial charge in [-0.15, -0.1) is 11.3 Å². The van der Waals surface area contributed by atoms with Gasteiger partial charge in [0.25, 0.3) is 5.91 Å². The highest BCUT2D eigenvalue weighted by Gasteiger charge is 2.20. The number of carbonyl (C=O) groups excluding carboxylic acids is 1. The van der Waals surface area contributed by atoms with Crippen LogP contribution in [0.1, 0.15) is 29.9 Å². The summed E-state index contributed by atoms with van der Waals surface area (Å²) in [6, 6.07) is 5.90. The van der Waals surface area contributed by atoms with E-state index in [0.717, 1.165) is 27.5 Å². The average Bonchev–Trinajstić information content (AvgIpc) is 2.74. The summed E-state index contributed by atoms with van der Waals surface area (Å²) in [7, 11) is 1.84. The van der Waals surface area contributed by atoms with Crippen LogP contribution in [-0.4, -0.2) is 24.4 Å². The zero-order valence-electron chi connectivity index (χ0n) is 11.9. The van der Waals surface area contributed by atoms with Gasteiger partial charge in [-0.05, 0) is 18.1 Å². The standard InChI is InChI=1S/C15H19BrN2OS/c1-4-9(2)8-18(3)15(19)14-13(17)11-6-5-10(16)7-12(11)20-14/h5-7,9H,4,8,17H2,1-3H3. The predicted molar refractivity (Wildman–Crippen MR) is 90.4 cm³/mol. The van der Waals surface area contributed by atoms with Crippen LogP contribution < -0.4 is 5.73 Å². The van der Waals surface area contributed by atoms with Crippen molar-refractivity contribution in [2.24, 2.45) is 5.92 Å². The average molecular weight is 355 g/mol. The SMILES string of the molecule is CCC(C)CN(C)C(=O)c1sc2cc(Br)ccc2c1N. The van der Waals surface area contributed by atoms with E-state index < -0.39 is 0 Å². The van der Waals surface area contributed by atoms with E-state index in [2.05, 4.69) is 29.8 Å². The summed E-state index contributed by atoms with van der Waals surface area (Å²) in [4.78, 5) is 14.9. The van der Waals surface area contributed by atoms with Crippen LogP contribution in [0.2, 0.25) is 0 Å². The molecule has 0 radical (unpaired) electrons. The Morgan fingerprint density at radius 3 is 2.85 bits per heavy atom. The summed E-state index contributed by atoms with van der Waals surface area (Å²) in [6.45, 7) is 5.04. The number of carbonyl (C=O) groups is 1. The van der Waals surface area contributed by atoms with Crippen molar-refractivity contribution >= 4 is 48.9 Å². The van der Waals surface area contributed by atoms with Crippen molar-refractivity contribution in [1.29, 1.82) is 0 Å². The van der Waals surface area contributed by atoms with Crippen molar-refractivity contribution in [3.63, 3.8) is 0 Å². The Bertz CT molecular complexity index is 638. The third-order valence-corrected chi connectivity index (χ3v) is 5.16. The van der Waals surface area contributed by atoms with Crippen molar-refractivity contribution in [2.45, 2.75) is 20.3 Å². The van der Waals surface area contributed by atoms with E-state index in [-0.39, 0.29) is 5.91 Å². The van der Waals surface area contributed by atoms with Crippen molar-refractivity contribution in [2.75, 3.05) is 19.3 Å². The van der Waals surface area contributed by atoms with Gasteiger partial charge in [-0.1, -0.05) is 42.3 Å². The molecule has 0 saturated heterocycles. The number of nitrogen functional groups attached to an aromatic ring is 1. The Balaban J connectivity index is 2.32. The normalized spacial score (nSPS) is 12.6. The van der Waals surface area contributed by atoms with Gasteiger partial charge in [-0.25, -0.2) is 0 Å². The first-order valence-electron chi connectivity index (χ1n) is 6.67. The summed E-state index contributed by atoms with van der Waals surface area (Å²) in [5, 5.41) is 0.957. The molecular formula is C15H19BrN2OS. The molecule has 1 unspecified atom stereocenters. The lowest BCUT2D eigenvalue weighted by atomic mass is 10.1. The molecule has 2 aromatic rings. The van der Waals surface area contributed by atoms with E-state index in [4.69, 9.17) is 5.73 Å². The van der Waals surface area contributed by atoms with Gasteiger partial charge in [0, 0.05) is 28.2 Å². The molecule has 0 aliphatic heterocycles. The molecule has 0 spiro atoms. The molecule has 2 rings (SSSR count). The highest BCUT2D eigenvalue weighted by Crippen LogP contribution is 2.35. The molecule has 20 heavy (non-hydrogen) atoms. The van der Waals surface area contributed by atoms with Gasteiger partial charge in [0.1, 0.15) is 4.88 Å². The zero-order chi connectivity index (χ0) is 14.9. The van der Waals surface area contributed by atoms with Gasteiger partial charge in [0.2, 0.25) is 0 Å². The summed E-state index contributed by atoms with van der Waals surface area (Å²) in [5.74, 6) is 0.508. The van der Waals surface area contributed by atoms with Crippen LogP contribution in [0.15, 0.2) is 22.7 Å². The molecule has 0 fully saturated rings. The van der Waals surface area contributed by atoms with E-state index in [0.29, 0.717) is 16.5 Å². The van der Waals surface area contributed by atoms with Gasteiger partial charge in [-0.3, -0.25) is 4.79 Å². The van der Waals surface area contributed by atoms with Crippen molar-refractivity contribution in [3.05, 3.63) is 27.5 Å². The minimum Gasteiger partial charge on any atom is -0.397 e. The van der Waals surface area contributed by atoms with E-state index in [1.54, 1.807) is 4.90 Å². The quantitative estimate of drug-likeness (QED) is 0.886. The molecule has 1 heterocycles. The van der Waals surface area contributed by atoms with Crippen LogP contribution in [0.5, 0.6) is 0 Å². The molecule has 1 aromatic carbocycles. The highest BCUT2D eigenvalue weighted by molar-refractivity contribution is 9.10. The van der Waals surface area contributed by atoms with Crippen LogP contribution in [0.4, 0.5) is 5.69 Å². The van der Waals surface area contributed by atoms with E-state index in [1.165, 1.54) is 11.3 Å². The zero-order valence-corrected chi connectivity index (χ0v) is 14.3. The molecular weight excluding hydrogens is 336 g/mol. The maximum atomic E-state index is 12.5. The van der Waals surface area contributed by atoms with Gasteiger partial charge in [0.05, 0.1) is 5.69 Å².